The second-order valence-corrected chi connectivity index (χ2v) is 11.3. The van der Waals surface area contributed by atoms with E-state index in [4.69, 9.17) is 4.74 Å². The van der Waals surface area contributed by atoms with Crippen LogP contribution in [0.15, 0.2) is 54.9 Å². The smallest absolute Gasteiger partial charge is 0.319 e. The number of hydrogen-bond acceptors (Lipinski definition) is 7. The molecule has 0 atom stereocenters. The van der Waals surface area contributed by atoms with Gasteiger partial charge < -0.3 is 15.4 Å². The maximum absolute atomic E-state index is 14.7. The summed E-state index contributed by atoms with van der Waals surface area (Å²) in [5.41, 5.74) is 2.43. The lowest BCUT2D eigenvalue weighted by Gasteiger charge is -2.10. The van der Waals surface area contributed by atoms with Crippen molar-refractivity contribution in [3.05, 3.63) is 66.2 Å². The van der Waals surface area contributed by atoms with Crippen LogP contribution in [-0.2, 0) is 16.6 Å². The summed E-state index contributed by atoms with van der Waals surface area (Å²) in [7, 11) is -3.29. The SMILES string of the molecule is CS(=O)(=O)NCc1ccc(-c2cc3nccc(Oc4ccc(NC(=O)NC5CC5)cc4F)c3s2)nc1. The third-order valence-corrected chi connectivity index (χ3v) is 7.14. The van der Waals surface area contributed by atoms with Gasteiger partial charge in [0.05, 0.1) is 27.0 Å². The van der Waals surface area contributed by atoms with Crippen molar-refractivity contribution in [2.24, 2.45) is 0 Å². The summed E-state index contributed by atoms with van der Waals surface area (Å²) in [6, 6.07) is 11.2. The molecular weight excluding hydrogens is 505 g/mol. The molecule has 0 saturated heterocycles. The fraction of sp³-hybridized carbons (Fsp3) is 0.208. The van der Waals surface area contributed by atoms with E-state index in [9.17, 15) is 17.6 Å². The fourth-order valence-electron chi connectivity index (χ4n) is 3.37. The Morgan fingerprint density at radius 3 is 2.67 bits per heavy atom. The third-order valence-electron chi connectivity index (χ3n) is 5.31. The van der Waals surface area contributed by atoms with Crippen molar-refractivity contribution in [3.63, 3.8) is 0 Å². The highest BCUT2D eigenvalue weighted by atomic mass is 32.2. The number of nitrogens with one attached hydrogen (secondary N) is 3. The molecule has 9 nitrogen and oxygen atoms in total. The van der Waals surface area contributed by atoms with Crippen molar-refractivity contribution in [3.8, 4) is 22.1 Å². The number of sulfonamides is 1. The highest BCUT2D eigenvalue weighted by Crippen LogP contribution is 2.39. The van der Waals surface area contributed by atoms with Crippen molar-refractivity contribution >= 4 is 43.3 Å². The van der Waals surface area contributed by atoms with E-state index in [-0.39, 0.29) is 24.4 Å². The Balaban J connectivity index is 1.32. The Morgan fingerprint density at radius 1 is 1.14 bits per heavy atom. The lowest BCUT2D eigenvalue weighted by atomic mass is 10.2. The molecule has 0 bridgehead atoms. The highest BCUT2D eigenvalue weighted by Gasteiger charge is 2.23. The van der Waals surface area contributed by atoms with Crippen LogP contribution in [0.1, 0.15) is 18.4 Å². The van der Waals surface area contributed by atoms with Crippen LogP contribution in [0.4, 0.5) is 14.9 Å². The number of fused-ring (bicyclic) bond motifs is 1. The Bertz CT molecular complexity index is 1540. The van der Waals surface area contributed by atoms with Crippen molar-refractivity contribution in [2.75, 3.05) is 11.6 Å². The average molecular weight is 528 g/mol. The summed E-state index contributed by atoms with van der Waals surface area (Å²) in [5, 5.41) is 5.41. The van der Waals surface area contributed by atoms with Gasteiger partial charge in [-0.3, -0.25) is 9.97 Å². The summed E-state index contributed by atoms with van der Waals surface area (Å²) in [6.07, 6.45) is 6.22. The van der Waals surface area contributed by atoms with E-state index in [1.165, 1.54) is 23.5 Å². The Labute approximate surface area is 210 Å². The molecule has 186 valence electrons. The monoisotopic (exact) mass is 527 g/mol. The number of amides is 2. The lowest BCUT2D eigenvalue weighted by Crippen LogP contribution is -2.30. The second-order valence-electron chi connectivity index (χ2n) is 8.40. The van der Waals surface area contributed by atoms with Crippen LogP contribution in [0.3, 0.4) is 0 Å². The predicted octanol–water partition coefficient (Wildman–Crippen LogP) is 4.62. The van der Waals surface area contributed by atoms with Gasteiger partial charge in [-0.1, -0.05) is 6.07 Å². The zero-order chi connectivity index (χ0) is 25.3. The number of hydrogen-bond donors (Lipinski definition) is 3. The van der Waals surface area contributed by atoms with E-state index in [0.29, 0.717) is 22.6 Å². The van der Waals surface area contributed by atoms with Crippen LogP contribution >= 0.6 is 11.3 Å². The van der Waals surface area contributed by atoms with Gasteiger partial charge in [0, 0.05) is 42.8 Å². The zero-order valence-corrected chi connectivity index (χ0v) is 20.7. The number of benzene rings is 1. The Hall–Kier alpha value is -3.61. The molecule has 1 aliphatic rings. The second kappa shape index (κ2) is 9.80. The molecule has 0 spiro atoms. The van der Waals surface area contributed by atoms with Crippen LogP contribution < -0.4 is 20.1 Å². The zero-order valence-electron chi connectivity index (χ0n) is 19.1. The normalized spacial score (nSPS) is 13.5. The molecule has 0 aliphatic heterocycles. The third kappa shape index (κ3) is 5.96. The topological polar surface area (TPSA) is 122 Å². The molecule has 5 rings (SSSR count). The average Bonchev–Trinajstić information content (AvgIpc) is 3.53. The largest absolute Gasteiger partial charge is 0.453 e. The molecule has 0 radical (unpaired) electrons. The van der Waals surface area contributed by atoms with Crippen LogP contribution in [0.5, 0.6) is 11.5 Å². The number of pyridine rings is 2. The van der Waals surface area contributed by atoms with E-state index < -0.39 is 15.8 Å². The highest BCUT2D eigenvalue weighted by molar-refractivity contribution is 7.88. The van der Waals surface area contributed by atoms with Crippen LogP contribution in [0, 0.1) is 5.82 Å². The van der Waals surface area contributed by atoms with Crippen molar-refractivity contribution in [2.45, 2.75) is 25.4 Å². The quantitative estimate of drug-likeness (QED) is 0.307. The minimum Gasteiger partial charge on any atom is -0.453 e. The summed E-state index contributed by atoms with van der Waals surface area (Å²) in [6.45, 7) is 0.156. The van der Waals surface area contributed by atoms with Gasteiger partial charge in [0.25, 0.3) is 0 Å². The first-order valence-corrected chi connectivity index (χ1v) is 13.8. The molecule has 1 aromatic carbocycles. The van der Waals surface area contributed by atoms with Crippen molar-refractivity contribution < 1.29 is 22.3 Å². The minimum absolute atomic E-state index is 0.0199. The van der Waals surface area contributed by atoms with E-state index in [0.717, 1.165) is 34.2 Å². The van der Waals surface area contributed by atoms with Gasteiger partial charge in [-0.05, 0) is 42.7 Å². The van der Waals surface area contributed by atoms with Gasteiger partial charge in [0.15, 0.2) is 11.6 Å². The van der Waals surface area contributed by atoms with Crippen molar-refractivity contribution in [1.82, 2.24) is 20.0 Å². The van der Waals surface area contributed by atoms with E-state index in [1.54, 1.807) is 36.7 Å². The number of urea groups is 1. The molecule has 2 amide bonds. The number of rotatable bonds is 8. The first kappa shape index (κ1) is 24.1. The summed E-state index contributed by atoms with van der Waals surface area (Å²) < 4.78 is 46.3. The van der Waals surface area contributed by atoms with Crippen LogP contribution in [0.2, 0.25) is 0 Å². The number of nitrogens with zero attached hydrogens (tertiary/aromatic N) is 2. The summed E-state index contributed by atoms with van der Waals surface area (Å²) in [4.78, 5) is 21.5. The molecule has 1 saturated carbocycles. The summed E-state index contributed by atoms with van der Waals surface area (Å²) >= 11 is 1.40. The molecule has 1 aliphatic carbocycles. The van der Waals surface area contributed by atoms with Gasteiger partial charge in [-0.15, -0.1) is 11.3 Å². The van der Waals surface area contributed by atoms with Gasteiger partial charge in [-0.25, -0.2) is 22.3 Å². The van der Waals surface area contributed by atoms with Gasteiger partial charge >= 0.3 is 6.03 Å². The summed E-state index contributed by atoms with van der Waals surface area (Å²) in [5.74, 6) is -0.149. The number of carbonyl (C=O) groups excluding carboxylic acids is 1. The lowest BCUT2D eigenvalue weighted by molar-refractivity contribution is 0.251. The van der Waals surface area contributed by atoms with Crippen molar-refractivity contribution in [1.29, 1.82) is 0 Å². The first-order chi connectivity index (χ1) is 17.2. The molecule has 3 N–H and O–H groups in total. The number of anilines is 1. The molecule has 4 aromatic rings. The Morgan fingerprint density at radius 2 is 1.97 bits per heavy atom. The first-order valence-electron chi connectivity index (χ1n) is 11.1. The van der Waals surface area contributed by atoms with Crippen LogP contribution in [0.25, 0.3) is 20.8 Å². The molecular formula is C24H22FN5O4S2. The number of carbonyl (C=O) groups is 1. The number of aromatic nitrogens is 2. The minimum atomic E-state index is -3.29. The number of ether oxygens (including phenoxy) is 1. The number of halogens is 1. The van der Waals surface area contributed by atoms with Gasteiger partial charge in [0.1, 0.15) is 5.75 Å². The van der Waals surface area contributed by atoms with E-state index in [1.807, 2.05) is 6.07 Å². The Kier molecular flexibility index (Phi) is 6.56. The number of thiophene rings is 1. The van der Waals surface area contributed by atoms with E-state index >= 15 is 0 Å². The predicted molar refractivity (Wildman–Crippen MR) is 136 cm³/mol. The van der Waals surface area contributed by atoms with Gasteiger partial charge in [-0.2, -0.15) is 0 Å². The molecule has 12 heteroatoms. The molecule has 1 fully saturated rings. The van der Waals surface area contributed by atoms with Gasteiger partial charge in [0.2, 0.25) is 10.0 Å². The fourth-order valence-corrected chi connectivity index (χ4v) is 4.84. The molecule has 3 heterocycles. The molecule has 0 unspecified atom stereocenters. The molecule has 3 aromatic heterocycles. The maximum atomic E-state index is 14.7. The standard InChI is InChI=1S/C24H22FN5O4S2/c1-36(32,33)28-13-14-2-6-18(27-12-14)22-11-19-23(35-22)21(8-9-26-19)34-20-7-5-16(10-17(20)25)30-24(31)29-15-3-4-15/h2,5-12,15,28H,3-4,13H2,1H3,(H2,29,30,31). The maximum Gasteiger partial charge on any atom is 0.319 e. The molecule has 36 heavy (non-hydrogen) atoms. The van der Waals surface area contributed by atoms with E-state index in [2.05, 4.69) is 25.3 Å². The van der Waals surface area contributed by atoms with Crippen LogP contribution in [-0.4, -0.2) is 36.7 Å².